The predicted molar refractivity (Wildman–Crippen MR) is 99.8 cm³/mol. The third-order valence-corrected chi connectivity index (χ3v) is 5.04. The number of rotatable bonds is 7. The summed E-state index contributed by atoms with van der Waals surface area (Å²) in [4.78, 5) is 37.9. The number of nitrogens with one attached hydrogen (secondary N) is 2. The summed E-state index contributed by atoms with van der Waals surface area (Å²) in [5.41, 5.74) is 0.251. The summed E-state index contributed by atoms with van der Waals surface area (Å²) in [6, 6.07) is 0. The lowest BCUT2D eigenvalue weighted by molar-refractivity contribution is -0.114. The molecule has 0 aliphatic carbocycles. The monoisotopic (exact) mass is 401 g/mol. The Labute approximate surface area is 157 Å². The molecule has 2 heterocycles. The summed E-state index contributed by atoms with van der Waals surface area (Å²) in [6.45, 7) is 4.09. The lowest BCUT2D eigenvalue weighted by atomic mass is 10.2. The van der Waals surface area contributed by atoms with Crippen molar-refractivity contribution in [2.24, 2.45) is 5.16 Å². The minimum absolute atomic E-state index is 0.0218. The summed E-state index contributed by atoms with van der Waals surface area (Å²) in [6.07, 6.45) is 1.72. The fraction of sp³-hybridized carbons (Fsp3) is 0.357. The summed E-state index contributed by atoms with van der Waals surface area (Å²) in [7, 11) is 1.33. The highest BCUT2D eigenvalue weighted by Crippen LogP contribution is 2.25. The van der Waals surface area contributed by atoms with Gasteiger partial charge in [-0.2, -0.15) is 0 Å². The van der Waals surface area contributed by atoms with E-state index < -0.39 is 5.91 Å². The van der Waals surface area contributed by atoms with Gasteiger partial charge in [-0.3, -0.25) is 14.9 Å². The van der Waals surface area contributed by atoms with Crippen molar-refractivity contribution >= 4 is 62.1 Å². The van der Waals surface area contributed by atoms with E-state index in [9.17, 15) is 9.59 Å². The molecular formula is C14H16ClN5O3S2. The molecule has 0 saturated carbocycles. The van der Waals surface area contributed by atoms with Gasteiger partial charge >= 0.3 is 0 Å². The van der Waals surface area contributed by atoms with Crippen molar-refractivity contribution in [3.63, 3.8) is 0 Å². The van der Waals surface area contributed by atoms with Gasteiger partial charge in [0.05, 0.1) is 0 Å². The van der Waals surface area contributed by atoms with E-state index in [0.29, 0.717) is 16.2 Å². The molecule has 0 spiro atoms. The zero-order valence-corrected chi connectivity index (χ0v) is 16.1. The Morgan fingerprint density at radius 2 is 2.12 bits per heavy atom. The van der Waals surface area contributed by atoms with E-state index in [0.717, 1.165) is 16.2 Å². The van der Waals surface area contributed by atoms with Crippen LogP contribution in [0.15, 0.2) is 16.7 Å². The molecule has 0 aliphatic heterocycles. The number of alkyl halides is 1. The first kappa shape index (κ1) is 19.3. The van der Waals surface area contributed by atoms with Gasteiger partial charge in [0, 0.05) is 16.5 Å². The van der Waals surface area contributed by atoms with E-state index in [-0.39, 0.29) is 23.2 Å². The van der Waals surface area contributed by atoms with Crippen molar-refractivity contribution in [3.8, 4) is 0 Å². The van der Waals surface area contributed by atoms with Gasteiger partial charge in [-0.05, 0) is 5.92 Å². The predicted octanol–water partition coefficient (Wildman–Crippen LogP) is 2.89. The molecule has 2 rings (SSSR count). The van der Waals surface area contributed by atoms with Crippen LogP contribution in [-0.2, 0) is 14.4 Å². The molecule has 2 aromatic rings. The third-order valence-electron chi connectivity index (χ3n) is 2.83. The molecule has 8 nitrogen and oxygen atoms in total. The van der Waals surface area contributed by atoms with Crippen molar-refractivity contribution in [2.45, 2.75) is 19.8 Å². The molecule has 2 amide bonds. The van der Waals surface area contributed by atoms with E-state index in [1.54, 1.807) is 11.6 Å². The van der Waals surface area contributed by atoms with Gasteiger partial charge in [0.25, 0.3) is 5.91 Å². The Hall–Kier alpha value is -2.04. The SMILES string of the molecule is CON=C(C(=O)Nc1ncc(C(C)C)s1)c1csc(NC(=O)CCl)n1. The molecule has 0 aliphatic rings. The second kappa shape index (κ2) is 8.88. The standard InChI is InChI=1S/C14H16ClN5O3S2/c1-7(2)9-5-16-13(25-9)19-12(22)11(20-23-3)8-6-24-14(17-8)18-10(21)4-15/h5-7H,4H2,1-3H3,(H,16,19,22)(H,17,18,21). The minimum Gasteiger partial charge on any atom is -0.398 e. The summed E-state index contributed by atoms with van der Waals surface area (Å²) in [5, 5.41) is 11.3. The molecular weight excluding hydrogens is 386 g/mol. The van der Waals surface area contributed by atoms with Gasteiger partial charge < -0.3 is 10.2 Å². The van der Waals surface area contributed by atoms with Crippen LogP contribution in [0.2, 0.25) is 0 Å². The number of oxime groups is 1. The average Bonchev–Trinajstić information content (AvgIpc) is 3.22. The van der Waals surface area contributed by atoms with E-state index in [4.69, 9.17) is 16.4 Å². The number of carbonyl (C=O) groups is 2. The molecule has 0 unspecified atom stereocenters. The molecule has 11 heteroatoms. The number of hydrogen-bond donors (Lipinski definition) is 2. The number of nitrogens with zero attached hydrogens (tertiary/aromatic N) is 3. The first-order valence-electron chi connectivity index (χ1n) is 7.14. The maximum absolute atomic E-state index is 12.5. The van der Waals surface area contributed by atoms with Gasteiger partial charge in [0.2, 0.25) is 5.91 Å². The molecule has 0 aromatic carbocycles. The third kappa shape index (κ3) is 5.21. The number of aromatic nitrogens is 2. The maximum Gasteiger partial charge on any atom is 0.281 e. The van der Waals surface area contributed by atoms with Crippen molar-refractivity contribution in [2.75, 3.05) is 23.6 Å². The van der Waals surface area contributed by atoms with Crippen molar-refractivity contribution in [1.82, 2.24) is 9.97 Å². The lowest BCUT2D eigenvalue weighted by Gasteiger charge is -2.03. The Balaban J connectivity index is 2.15. The molecule has 25 heavy (non-hydrogen) atoms. The van der Waals surface area contributed by atoms with Crippen molar-refractivity contribution in [1.29, 1.82) is 0 Å². The van der Waals surface area contributed by atoms with Crippen LogP contribution in [0.3, 0.4) is 0 Å². The molecule has 134 valence electrons. The summed E-state index contributed by atoms with van der Waals surface area (Å²) >= 11 is 7.97. The quantitative estimate of drug-likeness (QED) is 0.421. The molecule has 0 fully saturated rings. The fourth-order valence-electron chi connectivity index (χ4n) is 1.66. The van der Waals surface area contributed by atoms with Crippen LogP contribution in [0.5, 0.6) is 0 Å². The van der Waals surface area contributed by atoms with E-state index in [1.807, 2.05) is 13.8 Å². The molecule has 0 bridgehead atoms. The zero-order chi connectivity index (χ0) is 18.4. The average molecular weight is 402 g/mol. The smallest absolute Gasteiger partial charge is 0.281 e. The second-order valence-electron chi connectivity index (χ2n) is 5.02. The van der Waals surface area contributed by atoms with Crippen LogP contribution in [0.4, 0.5) is 10.3 Å². The number of amides is 2. The maximum atomic E-state index is 12.5. The number of anilines is 2. The fourth-order valence-corrected chi connectivity index (χ4v) is 3.25. The first-order chi connectivity index (χ1) is 11.9. The van der Waals surface area contributed by atoms with Crippen LogP contribution in [0, 0.1) is 0 Å². The summed E-state index contributed by atoms with van der Waals surface area (Å²) < 4.78 is 0. The van der Waals surface area contributed by atoms with Gasteiger partial charge in [-0.1, -0.05) is 19.0 Å². The molecule has 0 saturated heterocycles. The van der Waals surface area contributed by atoms with E-state index >= 15 is 0 Å². The molecule has 0 radical (unpaired) electrons. The largest absolute Gasteiger partial charge is 0.398 e. The molecule has 2 N–H and O–H groups in total. The number of halogens is 1. The Morgan fingerprint density at radius 1 is 1.36 bits per heavy atom. The van der Waals surface area contributed by atoms with Crippen LogP contribution >= 0.6 is 34.3 Å². The Kier molecular flexibility index (Phi) is 6.85. The Morgan fingerprint density at radius 3 is 2.72 bits per heavy atom. The number of thiazole rings is 2. The minimum atomic E-state index is -0.507. The summed E-state index contributed by atoms with van der Waals surface area (Å²) in [5.74, 6) is -0.758. The highest BCUT2D eigenvalue weighted by molar-refractivity contribution is 7.16. The first-order valence-corrected chi connectivity index (χ1v) is 9.37. The normalized spacial score (nSPS) is 11.5. The second-order valence-corrected chi connectivity index (χ2v) is 7.21. The van der Waals surface area contributed by atoms with Crippen LogP contribution in [0.1, 0.15) is 30.3 Å². The van der Waals surface area contributed by atoms with Gasteiger partial charge in [-0.15, -0.1) is 34.3 Å². The van der Waals surface area contributed by atoms with Gasteiger partial charge in [0.1, 0.15) is 18.7 Å². The molecule has 0 atom stereocenters. The highest BCUT2D eigenvalue weighted by Gasteiger charge is 2.20. The molecule has 2 aromatic heterocycles. The number of hydrogen-bond acceptors (Lipinski definition) is 8. The van der Waals surface area contributed by atoms with E-state index in [1.165, 1.54) is 18.4 Å². The van der Waals surface area contributed by atoms with Gasteiger partial charge in [-0.25, -0.2) is 9.97 Å². The van der Waals surface area contributed by atoms with E-state index in [2.05, 4.69) is 25.8 Å². The zero-order valence-electron chi connectivity index (χ0n) is 13.7. The van der Waals surface area contributed by atoms with Crippen molar-refractivity contribution in [3.05, 3.63) is 22.1 Å². The Bertz CT molecular complexity index is 787. The number of carbonyl (C=O) groups excluding carboxylic acids is 2. The van der Waals surface area contributed by atoms with Crippen molar-refractivity contribution < 1.29 is 14.4 Å². The van der Waals surface area contributed by atoms with Gasteiger partial charge in [0.15, 0.2) is 16.0 Å². The van der Waals surface area contributed by atoms with Crippen LogP contribution in [0.25, 0.3) is 0 Å². The van der Waals surface area contributed by atoms with Crippen LogP contribution in [-0.4, -0.2) is 40.5 Å². The lowest BCUT2D eigenvalue weighted by Crippen LogP contribution is -2.24. The highest BCUT2D eigenvalue weighted by atomic mass is 35.5. The van der Waals surface area contributed by atoms with Crippen LogP contribution < -0.4 is 10.6 Å². The topological polar surface area (TPSA) is 106 Å².